The summed E-state index contributed by atoms with van der Waals surface area (Å²) in [6.45, 7) is 10.7. The molecule has 1 N–H and O–H groups in total. The normalized spacial score (nSPS) is 25.4. The Morgan fingerprint density at radius 3 is 2.18 bits per heavy atom. The maximum Gasteiger partial charge on any atom is 0.225 e. The average molecular weight is 234 g/mol. The van der Waals surface area contributed by atoms with Gasteiger partial charge >= 0.3 is 0 Å². The molecule has 0 spiro atoms. The van der Waals surface area contributed by atoms with Crippen LogP contribution in [0.25, 0.3) is 0 Å². The van der Waals surface area contributed by atoms with Gasteiger partial charge in [0.05, 0.1) is 0 Å². The summed E-state index contributed by atoms with van der Waals surface area (Å²) < 4.78 is 0. The molecule has 1 aliphatic rings. The molecule has 0 saturated carbocycles. The molecule has 17 heavy (non-hydrogen) atoms. The summed E-state index contributed by atoms with van der Waals surface area (Å²) in [6, 6.07) is 0.985. The van der Waals surface area contributed by atoms with Crippen molar-refractivity contribution in [1.82, 2.24) is 15.3 Å². The first-order valence-electron chi connectivity index (χ1n) is 6.39. The molecule has 0 bridgehead atoms. The van der Waals surface area contributed by atoms with Crippen LogP contribution >= 0.6 is 0 Å². The predicted octanol–water partition coefficient (Wildman–Crippen LogP) is 1.79. The van der Waals surface area contributed by atoms with Gasteiger partial charge in [0.2, 0.25) is 5.95 Å². The molecule has 0 unspecified atom stereocenters. The molecule has 2 rings (SSSR count). The molecule has 1 aromatic heterocycles. The highest BCUT2D eigenvalue weighted by Crippen LogP contribution is 2.16. The van der Waals surface area contributed by atoms with Crippen LogP contribution in [0.2, 0.25) is 0 Å². The summed E-state index contributed by atoms with van der Waals surface area (Å²) in [6.07, 6.45) is 3.90. The van der Waals surface area contributed by atoms with Crippen molar-refractivity contribution in [3.05, 3.63) is 18.0 Å². The molecule has 0 radical (unpaired) electrons. The largest absolute Gasteiger partial charge is 0.338 e. The second-order valence-electron chi connectivity index (χ2n) is 5.34. The van der Waals surface area contributed by atoms with Gasteiger partial charge in [-0.3, -0.25) is 0 Å². The van der Waals surface area contributed by atoms with Crippen molar-refractivity contribution >= 4 is 5.95 Å². The van der Waals surface area contributed by atoms with Crippen molar-refractivity contribution in [3.8, 4) is 0 Å². The zero-order valence-corrected chi connectivity index (χ0v) is 11.1. The number of hydrogen-bond donors (Lipinski definition) is 1. The lowest BCUT2D eigenvalue weighted by atomic mass is 10.1. The average Bonchev–Trinajstić information content (AvgIpc) is 2.28. The standard InChI is InChI=1S/C13H22N4/c1-9(2)12-5-14-13(15-6-12)17-7-10(3)16-11(4)8-17/h5-6,9-11,16H,7-8H2,1-4H3/t10-,11+. The fraction of sp³-hybridized carbons (Fsp3) is 0.692. The number of piperazine rings is 1. The van der Waals surface area contributed by atoms with Gasteiger partial charge in [-0.15, -0.1) is 0 Å². The highest BCUT2D eigenvalue weighted by Gasteiger charge is 2.22. The smallest absolute Gasteiger partial charge is 0.225 e. The Bertz CT molecular complexity index is 350. The minimum atomic E-state index is 0.491. The highest BCUT2D eigenvalue weighted by molar-refractivity contribution is 5.32. The zero-order chi connectivity index (χ0) is 12.4. The number of anilines is 1. The predicted molar refractivity (Wildman–Crippen MR) is 70.4 cm³/mol. The van der Waals surface area contributed by atoms with E-state index in [0.717, 1.165) is 19.0 Å². The maximum atomic E-state index is 4.48. The van der Waals surface area contributed by atoms with Crippen molar-refractivity contribution in [2.24, 2.45) is 0 Å². The van der Waals surface area contributed by atoms with Gasteiger partial charge in [-0.2, -0.15) is 0 Å². The summed E-state index contributed by atoms with van der Waals surface area (Å²) in [7, 11) is 0. The van der Waals surface area contributed by atoms with Gasteiger partial charge in [0.1, 0.15) is 0 Å². The van der Waals surface area contributed by atoms with E-state index in [4.69, 9.17) is 0 Å². The summed E-state index contributed by atoms with van der Waals surface area (Å²) in [5.41, 5.74) is 1.20. The quantitative estimate of drug-likeness (QED) is 0.847. The highest BCUT2D eigenvalue weighted by atomic mass is 15.3. The van der Waals surface area contributed by atoms with Crippen LogP contribution in [-0.4, -0.2) is 35.1 Å². The van der Waals surface area contributed by atoms with Crippen LogP contribution in [0.15, 0.2) is 12.4 Å². The molecule has 0 aliphatic carbocycles. The monoisotopic (exact) mass is 234 g/mol. The van der Waals surface area contributed by atoms with Crippen LogP contribution in [0, 0.1) is 0 Å². The van der Waals surface area contributed by atoms with Crippen molar-refractivity contribution in [2.45, 2.75) is 45.7 Å². The molecule has 4 heteroatoms. The van der Waals surface area contributed by atoms with Crippen LogP contribution < -0.4 is 10.2 Å². The van der Waals surface area contributed by atoms with E-state index < -0.39 is 0 Å². The van der Waals surface area contributed by atoms with Crippen LogP contribution in [0.1, 0.15) is 39.2 Å². The first kappa shape index (κ1) is 12.3. The number of nitrogens with one attached hydrogen (secondary N) is 1. The topological polar surface area (TPSA) is 41.1 Å². The molecule has 1 fully saturated rings. The van der Waals surface area contributed by atoms with Gasteiger partial charge in [0, 0.05) is 37.6 Å². The van der Waals surface area contributed by atoms with E-state index in [1.165, 1.54) is 5.56 Å². The Morgan fingerprint density at radius 1 is 1.18 bits per heavy atom. The third kappa shape index (κ3) is 2.94. The van der Waals surface area contributed by atoms with Gasteiger partial charge in [0.25, 0.3) is 0 Å². The van der Waals surface area contributed by atoms with Gasteiger partial charge in [-0.05, 0) is 25.3 Å². The molecule has 2 atom stereocenters. The first-order valence-corrected chi connectivity index (χ1v) is 6.39. The fourth-order valence-corrected chi connectivity index (χ4v) is 2.28. The Kier molecular flexibility index (Phi) is 3.62. The van der Waals surface area contributed by atoms with Gasteiger partial charge < -0.3 is 10.2 Å². The van der Waals surface area contributed by atoms with Gasteiger partial charge in [0.15, 0.2) is 0 Å². The van der Waals surface area contributed by atoms with E-state index >= 15 is 0 Å². The van der Waals surface area contributed by atoms with E-state index in [-0.39, 0.29) is 0 Å². The van der Waals surface area contributed by atoms with Gasteiger partial charge in [-0.25, -0.2) is 9.97 Å². The second-order valence-corrected chi connectivity index (χ2v) is 5.34. The van der Waals surface area contributed by atoms with E-state index in [2.05, 4.69) is 47.9 Å². The van der Waals surface area contributed by atoms with Crippen LogP contribution in [-0.2, 0) is 0 Å². The van der Waals surface area contributed by atoms with Crippen LogP contribution in [0.3, 0.4) is 0 Å². The summed E-state index contributed by atoms with van der Waals surface area (Å²) >= 11 is 0. The zero-order valence-electron chi connectivity index (χ0n) is 11.1. The minimum absolute atomic E-state index is 0.491. The molecule has 94 valence electrons. The van der Waals surface area contributed by atoms with E-state index in [9.17, 15) is 0 Å². The van der Waals surface area contributed by atoms with E-state index in [1.54, 1.807) is 0 Å². The van der Waals surface area contributed by atoms with Crippen molar-refractivity contribution in [2.75, 3.05) is 18.0 Å². The van der Waals surface area contributed by atoms with Crippen molar-refractivity contribution in [1.29, 1.82) is 0 Å². The SMILES string of the molecule is CC(C)c1cnc(N2C[C@@H](C)N[C@@H](C)C2)nc1. The maximum absolute atomic E-state index is 4.48. The van der Waals surface area contributed by atoms with Gasteiger partial charge in [-0.1, -0.05) is 13.8 Å². The Hall–Kier alpha value is -1.16. The number of nitrogens with zero attached hydrogens (tertiary/aromatic N) is 3. The molecule has 1 aliphatic heterocycles. The molecule has 0 aromatic carbocycles. The summed E-state index contributed by atoms with van der Waals surface area (Å²) in [5, 5.41) is 3.51. The number of aromatic nitrogens is 2. The lowest BCUT2D eigenvalue weighted by molar-refractivity contribution is 0.403. The number of hydrogen-bond acceptors (Lipinski definition) is 4. The Labute approximate surface area is 103 Å². The minimum Gasteiger partial charge on any atom is -0.338 e. The third-order valence-electron chi connectivity index (χ3n) is 3.17. The lowest BCUT2D eigenvalue weighted by Gasteiger charge is -2.36. The Morgan fingerprint density at radius 2 is 1.71 bits per heavy atom. The lowest BCUT2D eigenvalue weighted by Crippen LogP contribution is -2.54. The molecule has 4 nitrogen and oxygen atoms in total. The first-order chi connectivity index (χ1) is 8.06. The van der Waals surface area contributed by atoms with Crippen LogP contribution in [0.5, 0.6) is 0 Å². The Balaban J connectivity index is 2.11. The molecule has 0 amide bonds. The molecular formula is C13H22N4. The summed E-state index contributed by atoms with van der Waals surface area (Å²) in [5.74, 6) is 1.35. The molecule has 1 saturated heterocycles. The van der Waals surface area contributed by atoms with Crippen molar-refractivity contribution in [3.63, 3.8) is 0 Å². The third-order valence-corrected chi connectivity index (χ3v) is 3.17. The second kappa shape index (κ2) is 5.00. The summed E-state index contributed by atoms with van der Waals surface area (Å²) in [4.78, 5) is 11.2. The van der Waals surface area contributed by atoms with Crippen molar-refractivity contribution < 1.29 is 0 Å². The molecular weight excluding hydrogens is 212 g/mol. The molecule has 1 aromatic rings. The van der Waals surface area contributed by atoms with Crippen LogP contribution in [0.4, 0.5) is 5.95 Å². The fourth-order valence-electron chi connectivity index (χ4n) is 2.28. The number of rotatable bonds is 2. The van der Waals surface area contributed by atoms with E-state index in [1.807, 2.05) is 12.4 Å². The van der Waals surface area contributed by atoms with E-state index in [0.29, 0.717) is 18.0 Å². The molecule has 2 heterocycles.